The van der Waals surface area contributed by atoms with E-state index in [1.165, 1.54) is 19.2 Å². The Kier molecular flexibility index (Phi) is 6.85. The first-order valence-corrected chi connectivity index (χ1v) is 10.6. The van der Waals surface area contributed by atoms with Gasteiger partial charge in [0.25, 0.3) is 0 Å². The average Bonchev–Trinajstić information content (AvgIpc) is 2.60. The van der Waals surface area contributed by atoms with Crippen LogP contribution in [0, 0.1) is 0 Å². The van der Waals surface area contributed by atoms with Gasteiger partial charge in [-0.2, -0.15) is 0 Å². The number of nitrogens with one attached hydrogen (secondary N) is 2. The maximum atomic E-state index is 12.6. The summed E-state index contributed by atoms with van der Waals surface area (Å²) >= 11 is 3.32. The average molecular weight is 441 g/mol. The highest BCUT2D eigenvalue weighted by Crippen LogP contribution is 2.27. The van der Waals surface area contributed by atoms with Gasteiger partial charge in [0.2, 0.25) is 10.0 Å². The molecule has 2 aromatic rings. The minimum Gasteiger partial charge on any atom is -0.496 e. The zero-order chi connectivity index (χ0) is 19.4. The Bertz CT molecular complexity index is 839. The Hall–Kier alpha value is -1.41. The first kappa shape index (κ1) is 20.9. The molecule has 5 nitrogen and oxygen atoms in total. The second-order valence-electron chi connectivity index (χ2n) is 6.78. The number of rotatable bonds is 8. The van der Waals surface area contributed by atoms with Gasteiger partial charge >= 0.3 is 0 Å². The van der Waals surface area contributed by atoms with Gasteiger partial charge in [0.1, 0.15) is 5.75 Å². The molecule has 0 bridgehead atoms. The predicted molar refractivity (Wildman–Crippen MR) is 108 cm³/mol. The predicted octanol–water partition coefficient (Wildman–Crippen LogP) is 3.87. The van der Waals surface area contributed by atoms with Gasteiger partial charge in [-0.1, -0.05) is 30.3 Å². The Labute approximate surface area is 164 Å². The van der Waals surface area contributed by atoms with E-state index in [0.717, 1.165) is 5.56 Å². The maximum absolute atomic E-state index is 12.6. The van der Waals surface area contributed by atoms with E-state index in [2.05, 4.69) is 32.9 Å². The molecule has 2 N–H and O–H groups in total. The summed E-state index contributed by atoms with van der Waals surface area (Å²) in [5, 5.41) is 3.47. The first-order valence-electron chi connectivity index (χ1n) is 8.30. The number of hydrogen-bond donors (Lipinski definition) is 2. The van der Waals surface area contributed by atoms with Gasteiger partial charge in [-0.15, -0.1) is 0 Å². The van der Waals surface area contributed by atoms with Crippen molar-refractivity contribution < 1.29 is 13.2 Å². The largest absolute Gasteiger partial charge is 0.496 e. The van der Waals surface area contributed by atoms with E-state index in [-0.39, 0.29) is 17.5 Å². The molecule has 0 saturated carbocycles. The lowest BCUT2D eigenvalue weighted by molar-refractivity contribution is 0.346. The molecule has 0 fully saturated rings. The molecule has 2 rings (SSSR count). The van der Waals surface area contributed by atoms with Gasteiger partial charge in [0.15, 0.2) is 0 Å². The molecule has 0 spiro atoms. The highest BCUT2D eigenvalue weighted by Gasteiger charge is 2.24. The van der Waals surface area contributed by atoms with Gasteiger partial charge in [-0.3, -0.25) is 0 Å². The summed E-state index contributed by atoms with van der Waals surface area (Å²) in [6.07, 6.45) is 0. The molecule has 0 amide bonds. The van der Waals surface area contributed by atoms with E-state index in [1.54, 1.807) is 6.07 Å². The van der Waals surface area contributed by atoms with Crippen molar-refractivity contribution in [3.63, 3.8) is 0 Å². The summed E-state index contributed by atoms with van der Waals surface area (Å²) in [7, 11) is -2.08. The van der Waals surface area contributed by atoms with Crippen LogP contribution in [0.15, 0.2) is 57.9 Å². The molecule has 0 aliphatic rings. The van der Waals surface area contributed by atoms with E-state index in [4.69, 9.17) is 4.74 Å². The maximum Gasteiger partial charge on any atom is 0.240 e. The van der Waals surface area contributed by atoms with Crippen molar-refractivity contribution >= 4 is 26.0 Å². The lowest BCUT2D eigenvalue weighted by Gasteiger charge is -2.30. The highest BCUT2D eigenvalue weighted by atomic mass is 79.9. The number of sulfonamides is 1. The summed E-state index contributed by atoms with van der Waals surface area (Å²) in [5.74, 6) is 0.586. The third kappa shape index (κ3) is 5.54. The van der Waals surface area contributed by atoms with E-state index >= 15 is 0 Å². The van der Waals surface area contributed by atoms with Crippen LogP contribution in [0.5, 0.6) is 5.75 Å². The first-order chi connectivity index (χ1) is 12.1. The number of halogens is 1. The van der Waals surface area contributed by atoms with E-state index in [1.807, 2.05) is 44.2 Å². The molecule has 0 aliphatic heterocycles. The van der Waals surface area contributed by atoms with Crippen LogP contribution in [-0.2, 0) is 10.0 Å². The fraction of sp³-hybridized carbons (Fsp3) is 0.368. The van der Waals surface area contributed by atoms with Crippen molar-refractivity contribution in [2.24, 2.45) is 0 Å². The van der Waals surface area contributed by atoms with Crippen LogP contribution in [0.4, 0.5) is 0 Å². The van der Waals surface area contributed by atoms with Gasteiger partial charge < -0.3 is 10.1 Å². The Morgan fingerprint density at radius 3 is 2.38 bits per heavy atom. The number of benzene rings is 2. The summed E-state index contributed by atoms with van der Waals surface area (Å²) in [6, 6.07) is 14.8. The minimum absolute atomic E-state index is 0.103. The number of hydrogen-bond acceptors (Lipinski definition) is 4. The zero-order valence-corrected chi connectivity index (χ0v) is 17.8. The molecule has 0 aliphatic carbocycles. The van der Waals surface area contributed by atoms with Crippen molar-refractivity contribution in [3.05, 3.63) is 58.6 Å². The minimum atomic E-state index is -3.62. The smallest absolute Gasteiger partial charge is 0.240 e. The molecular formula is C19H25BrN2O3S. The van der Waals surface area contributed by atoms with Gasteiger partial charge in [0, 0.05) is 18.1 Å². The van der Waals surface area contributed by atoms with Gasteiger partial charge in [-0.05, 0) is 60.5 Å². The van der Waals surface area contributed by atoms with E-state index in [9.17, 15) is 8.42 Å². The molecule has 0 aromatic heterocycles. The van der Waals surface area contributed by atoms with Crippen molar-refractivity contribution in [1.82, 2.24) is 10.0 Å². The van der Waals surface area contributed by atoms with Crippen molar-refractivity contribution in [3.8, 4) is 5.75 Å². The van der Waals surface area contributed by atoms with Crippen LogP contribution in [0.1, 0.15) is 32.4 Å². The SMILES string of the molecule is COc1ccc(S(=O)(=O)NCC(C)(C)NC(C)c2ccccc2)cc1Br. The molecule has 1 atom stereocenters. The van der Waals surface area contributed by atoms with Crippen LogP contribution < -0.4 is 14.8 Å². The quantitative estimate of drug-likeness (QED) is 0.653. The lowest BCUT2D eigenvalue weighted by Crippen LogP contribution is -2.49. The second kappa shape index (κ2) is 8.52. The summed E-state index contributed by atoms with van der Waals surface area (Å²) in [4.78, 5) is 0.192. The van der Waals surface area contributed by atoms with Gasteiger partial charge in [-0.25, -0.2) is 13.1 Å². The van der Waals surface area contributed by atoms with Crippen LogP contribution in [0.25, 0.3) is 0 Å². The van der Waals surface area contributed by atoms with Crippen LogP contribution >= 0.6 is 15.9 Å². The van der Waals surface area contributed by atoms with E-state index in [0.29, 0.717) is 10.2 Å². The Balaban J connectivity index is 2.04. The Morgan fingerprint density at radius 1 is 1.15 bits per heavy atom. The third-order valence-corrected chi connectivity index (χ3v) is 6.06. The molecule has 142 valence electrons. The molecular weight excluding hydrogens is 416 g/mol. The van der Waals surface area contributed by atoms with Gasteiger partial charge in [0.05, 0.1) is 16.5 Å². The van der Waals surface area contributed by atoms with Crippen molar-refractivity contribution in [1.29, 1.82) is 0 Å². The van der Waals surface area contributed by atoms with E-state index < -0.39 is 15.6 Å². The number of ether oxygens (including phenoxy) is 1. The topological polar surface area (TPSA) is 67.4 Å². The normalized spacial score (nSPS) is 13.4. The summed E-state index contributed by atoms with van der Waals surface area (Å²) in [6.45, 7) is 6.26. The molecule has 1 unspecified atom stereocenters. The standard InChI is InChI=1S/C19H25BrN2O3S/c1-14(15-8-6-5-7-9-15)22-19(2,3)13-21-26(23,24)16-10-11-18(25-4)17(20)12-16/h5-12,14,21-22H,13H2,1-4H3. The second-order valence-corrected chi connectivity index (χ2v) is 9.40. The fourth-order valence-corrected chi connectivity index (χ4v) is 4.57. The molecule has 0 heterocycles. The van der Waals surface area contributed by atoms with Crippen LogP contribution in [0.3, 0.4) is 0 Å². The van der Waals surface area contributed by atoms with Crippen LogP contribution in [0.2, 0.25) is 0 Å². The summed E-state index contributed by atoms with van der Waals surface area (Å²) < 4.78 is 33.6. The molecule has 2 aromatic carbocycles. The Morgan fingerprint density at radius 2 is 1.81 bits per heavy atom. The molecule has 0 saturated heterocycles. The zero-order valence-electron chi connectivity index (χ0n) is 15.4. The van der Waals surface area contributed by atoms with Crippen LogP contribution in [-0.4, -0.2) is 27.6 Å². The fourth-order valence-electron chi connectivity index (χ4n) is 2.64. The number of methoxy groups -OCH3 is 1. The molecule has 7 heteroatoms. The summed E-state index contributed by atoms with van der Waals surface area (Å²) in [5.41, 5.74) is 0.731. The lowest BCUT2D eigenvalue weighted by atomic mass is 10.0. The highest BCUT2D eigenvalue weighted by molar-refractivity contribution is 9.10. The monoisotopic (exact) mass is 440 g/mol. The van der Waals surface area contributed by atoms with Crippen molar-refractivity contribution in [2.45, 2.75) is 37.2 Å². The molecule has 26 heavy (non-hydrogen) atoms. The molecule has 0 radical (unpaired) electrons. The third-order valence-electron chi connectivity index (χ3n) is 4.04. The van der Waals surface area contributed by atoms with Crippen molar-refractivity contribution in [2.75, 3.05) is 13.7 Å².